The van der Waals surface area contributed by atoms with Gasteiger partial charge in [-0.2, -0.15) is 5.10 Å². The number of aliphatic hydroxyl groups excluding tert-OH is 1. The first-order chi connectivity index (χ1) is 12.2. The van der Waals surface area contributed by atoms with Crippen LogP contribution in [0.3, 0.4) is 0 Å². The number of aryl methyl sites for hydroxylation is 1. The van der Waals surface area contributed by atoms with Crippen LogP contribution in [0.25, 0.3) is 11.3 Å². The molecule has 4 rings (SSSR count). The molecule has 6 nitrogen and oxygen atoms in total. The number of amides is 2. The van der Waals surface area contributed by atoms with Gasteiger partial charge in [-0.15, -0.1) is 0 Å². The molecule has 0 spiro atoms. The predicted molar refractivity (Wildman–Crippen MR) is 96.0 cm³/mol. The molecule has 25 heavy (non-hydrogen) atoms. The van der Waals surface area contributed by atoms with Crippen LogP contribution in [-0.2, 0) is 7.05 Å². The van der Waals surface area contributed by atoms with Gasteiger partial charge in [0.1, 0.15) is 5.69 Å². The van der Waals surface area contributed by atoms with Crippen molar-refractivity contribution in [1.82, 2.24) is 15.1 Å². The number of carbonyl (C=O) groups is 1. The highest BCUT2D eigenvalue weighted by molar-refractivity contribution is 5.93. The highest BCUT2D eigenvalue weighted by atomic mass is 16.3. The number of carbonyl (C=O) groups excluding carboxylic acids is 1. The number of hydrogen-bond donors (Lipinski definition) is 3. The average molecular weight is 340 g/mol. The molecule has 132 valence electrons. The molecule has 2 amide bonds. The van der Waals surface area contributed by atoms with Crippen LogP contribution < -0.4 is 10.6 Å². The molecule has 3 N–H and O–H groups in total. The van der Waals surface area contributed by atoms with Gasteiger partial charge in [0.15, 0.2) is 0 Å². The molecule has 6 heteroatoms. The van der Waals surface area contributed by atoms with E-state index in [9.17, 15) is 9.90 Å². The maximum Gasteiger partial charge on any atom is 0.319 e. The monoisotopic (exact) mass is 340 g/mol. The van der Waals surface area contributed by atoms with E-state index in [0.717, 1.165) is 24.1 Å². The van der Waals surface area contributed by atoms with Crippen molar-refractivity contribution in [1.29, 1.82) is 0 Å². The van der Waals surface area contributed by atoms with Crippen LogP contribution in [0.4, 0.5) is 10.5 Å². The van der Waals surface area contributed by atoms with Gasteiger partial charge in [-0.05, 0) is 31.1 Å². The molecule has 1 heterocycles. The molecule has 4 unspecified atom stereocenters. The summed E-state index contributed by atoms with van der Waals surface area (Å²) in [6.45, 7) is 0.147. The second kappa shape index (κ2) is 6.52. The van der Waals surface area contributed by atoms with Gasteiger partial charge in [-0.1, -0.05) is 30.3 Å². The van der Waals surface area contributed by atoms with Crippen molar-refractivity contribution in [3.63, 3.8) is 0 Å². The first-order valence-electron chi connectivity index (χ1n) is 8.93. The van der Waals surface area contributed by atoms with Crippen molar-refractivity contribution >= 4 is 11.7 Å². The molecule has 1 aromatic heterocycles. The minimum absolute atomic E-state index is 0.0700. The van der Waals surface area contributed by atoms with Crippen LogP contribution >= 0.6 is 0 Å². The lowest BCUT2D eigenvalue weighted by atomic mass is 9.85. The Kier molecular flexibility index (Phi) is 4.21. The minimum atomic E-state index is -0.221. The number of aliphatic hydroxyl groups is 1. The Labute approximate surface area is 147 Å². The number of urea groups is 1. The summed E-state index contributed by atoms with van der Waals surface area (Å²) in [5.41, 5.74) is 2.41. The van der Waals surface area contributed by atoms with Gasteiger partial charge >= 0.3 is 6.03 Å². The second-order valence-electron chi connectivity index (χ2n) is 7.23. The van der Waals surface area contributed by atoms with E-state index >= 15 is 0 Å². The van der Waals surface area contributed by atoms with E-state index in [2.05, 4.69) is 15.7 Å². The molecule has 2 saturated carbocycles. The summed E-state index contributed by atoms with van der Waals surface area (Å²) >= 11 is 0. The Balaban J connectivity index is 1.48. The van der Waals surface area contributed by atoms with Gasteiger partial charge in [0, 0.05) is 37.4 Å². The third-order valence-corrected chi connectivity index (χ3v) is 5.72. The van der Waals surface area contributed by atoms with Crippen LogP contribution in [0.15, 0.2) is 36.5 Å². The zero-order valence-corrected chi connectivity index (χ0v) is 14.4. The number of rotatable bonds is 4. The van der Waals surface area contributed by atoms with Crippen LogP contribution in [0.1, 0.15) is 19.3 Å². The van der Waals surface area contributed by atoms with E-state index in [4.69, 9.17) is 0 Å². The third-order valence-electron chi connectivity index (χ3n) is 5.72. The normalized spacial score (nSPS) is 27.4. The SMILES string of the molecule is Cn1cc(NC(=O)NC2C3CCC(C3)C2CO)c(-c2ccccc2)n1. The molecule has 0 saturated heterocycles. The lowest BCUT2D eigenvalue weighted by molar-refractivity contribution is 0.146. The van der Waals surface area contributed by atoms with E-state index < -0.39 is 0 Å². The number of anilines is 1. The number of benzene rings is 1. The number of nitrogens with one attached hydrogen (secondary N) is 2. The number of hydrogen-bond acceptors (Lipinski definition) is 3. The first kappa shape index (κ1) is 16.1. The Morgan fingerprint density at radius 3 is 2.80 bits per heavy atom. The maximum atomic E-state index is 12.6. The summed E-state index contributed by atoms with van der Waals surface area (Å²) in [4.78, 5) is 12.6. The molecule has 0 radical (unpaired) electrons. The lowest BCUT2D eigenvalue weighted by Crippen LogP contribution is -2.46. The predicted octanol–water partition coefficient (Wildman–Crippen LogP) is 2.62. The molecule has 2 fully saturated rings. The summed E-state index contributed by atoms with van der Waals surface area (Å²) in [7, 11) is 1.84. The molecule has 2 aliphatic rings. The van der Waals surface area contributed by atoms with E-state index in [1.54, 1.807) is 4.68 Å². The fourth-order valence-electron chi connectivity index (χ4n) is 4.60. The quantitative estimate of drug-likeness (QED) is 0.800. The zero-order valence-electron chi connectivity index (χ0n) is 14.4. The Morgan fingerprint density at radius 1 is 1.28 bits per heavy atom. The van der Waals surface area contributed by atoms with E-state index in [1.807, 2.05) is 43.6 Å². The van der Waals surface area contributed by atoms with Gasteiger partial charge in [-0.25, -0.2) is 4.79 Å². The molecular formula is C19H24N4O2. The topological polar surface area (TPSA) is 79.2 Å². The van der Waals surface area contributed by atoms with Crippen molar-refractivity contribution in [2.45, 2.75) is 25.3 Å². The molecule has 2 aliphatic carbocycles. The summed E-state index contributed by atoms with van der Waals surface area (Å²) in [5, 5.41) is 20.2. The summed E-state index contributed by atoms with van der Waals surface area (Å²) in [6, 6.07) is 9.66. The Hall–Kier alpha value is -2.34. The van der Waals surface area contributed by atoms with Crippen molar-refractivity contribution in [3.8, 4) is 11.3 Å². The third kappa shape index (κ3) is 3.02. The fraction of sp³-hybridized carbons (Fsp3) is 0.474. The summed E-state index contributed by atoms with van der Waals surface area (Å²) in [5.74, 6) is 1.24. The maximum absolute atomic E-state index is 12.6. The first-order valence-corrected chi connectivity index (χ1v) is 8.93. The standard InChI is InChI=1S/C19H24N4O2/c1-23-10-16(18(22-23)12-5-3-2-4-6-12)20-19(25)21-17-14-8-7-13(9-14)15(17)11-24/h2-6,10,13-15,17,24H,7-9,11H2,1H3,(H2,20,21,25). The van der Waals surface area contributed by atoms with Gasteiger partial charge in [-0.3, -0.25) is 4.68 Å². The highest BCUT2D eigenvalue weighted by Gasteiger charge is 2.47. The minimum Gasteiger partial charge on any atom is -0.396 e. The molecule has 1 aromatic carbocycles. The van der Waals surface area contributed by atoms with Crippen molar-refractivity contribution < 1.29 is 9.90 Å². The largest absolute Gasteiger partial charge is 0.396 e. The summed E-state index contributed by atoms with van der Waals surface area (Å²) < 4.78 is 1.70. The van der Waals surface area contributed by atoms with E-state index in [1.165, 1.54) is 6.42 Å². The van der Waals surface area contributed by atoms with Crippen LogP contribution in [0.5, 0.6) is 0 Å². The average Bonchev–Trinajstić information content (AvgIpc) is 3.30. The van der Waals surface area contributed by atoms with Crippen LogP contribution in [-0.4, -0.2) is 33.6 Å². The number of fused-ring (bicyclic) bond motifs is 2. The van der Waals surface area contributed by atoms with Crippen LogP contribution in [0.2, 0.25) is 0 Å². The smallest absolute Gasteiger partial charge is 0.319 e. The summed E-state index contributed by atoms with van der Waals surface area (Å²) in [6.07, 6.45) is 5.26. The highest BCUT2D eigenvalue weighted by Crippen LogP contribution is 2.48. The van der Waals surface area contributed by atoms with E-state index in [-0.39, 0.29) is 24.6 Å². The molecule has 0 aliphatic heterocycles. The number of nitrogens with zero attached hydrogens (tertiary/aromatic N) is 2. The van der Waals surface area contributed by atoms with Crippen LogP contribution in [0, 0.1) is 17.8 Å². The fourth-order valence-corrected chi connectivity index (χ4v) is 4.60. The van der Waals surface area contributed by atoms with Crippen molar-refractivity contribution in [3.05, 3.63) is 36.5 Å². The molecular weight excluding hydrogens is 316 g/mol. The molecule has 4 atom stereocenters. The second-order valence-corrected chi connectivity index (χ2v) is 7.23. The molecule has 2 bridgehead atoms. The van der Waals surface area contributed by atoms with Gasteiger partial charge in [0.25, 0.3) is 0 Å². The molecule has 2 aromatic rings. The Morgan fingerprint density at radius 2 is 2.04 bits per heavy atom. The lowest BCUT2D eigenvalue weighted by Gasteiger charge is -2.30. The zero-order chi connectivity index (χ0) is 17.4. The van der Waals surface area contributed by atoms with Gasteiger partial charge in [0.2, 0.25) is 0 Å². The van der Waals surface area contributed by atoms with Gasteiger partial charge < -0.3 is 15.7 Å². The van der Waals surface area contributed by atoms with Crippen molar-refractivity contribution in [2.75, 3.05) is 11.9 Å². The number of aromatic nitrogens is 2. The van der Waals surface area contributed by atoms with Gasteiger partial charge in [0.05, 0.1) is 5.69 Å². The van der Waals surface area contributed by atoms with E-state index in [0.29, 0.717) is 17.5 Å². The Bertz CT molecular complexity index is 758. The van der Waals surface area contributed by atoms with Crippen molar-refractivity contribution in [2.24, 2.45) is 24.8 Å².